The Bertz CT molecular complexity index is 295. The van der Waals surface area contributed by atoms with Gasteiger partial charge in [0.2, 0.25) is 5.91 Å². The van der Waals surface area contributed by atoms with Gasteiger partial charge in [-0.15, -0.1) is 0 Å². The molecule has 1 atom stereocenters. The van der Waals surface area contributed by atoms with Crippen LogP contribution in [0, 0.1) is 5.92 Å². The lowest BCUT2D eigenvalue weighted by molar-refractivity contribution is -0.123. The van der Waals surface area contributed by atoms with Gasteiger partial charge in [-0.2, -0.15) is 0 Å². The molecule has 0 aromatic rings. The van der Waals surface area contributed by atoms with Gasteiger partial charge in [0.25, 0.3) is 0 Å². The molecule has 2 fully saturated rings. The van der Waals surface area contributed by atoms with Crippen molar-refractivity contribution in [3.8, 4) is 0 Å². The first-order chi connectivity index (χ1) is 9.63. The zero-order valence-electron chi connectivity index (χ0n) is 12.9. The molecule has 1 unspecified atom stereocenters. The Kier molecular flexibility index (Phi) is 6.26. The largest absolute Gasteiger partial charge is 0.376 e. The van der Waals surface area contributed by atoms with E-state index in [0.29, 0.717) is 13.1 Å². The minimum Gasteiger partial charge on any atom is -0.376 e. The molecule has 116 valence electrons. The summed E-state index contributed by atoms with van der Waals surface area (Å²) in [4.78, 5) is 16.4. The van der Waals surface area contributed by atoms with Gasteiger partial charge in [0.15, 0.2) is 0 Å². The molecule has 0 spiro atoms. The number of piperidine rings is 1. The number of hydrogen-bond donors (Lipinski definition) is 1. The van der Waals surface area contributed by atoms with Crippen LogP contribution in [0.2, 0.25) is 0 Å². The van der Waals surface area contributed by atoms with Crippen LogP contribution in [0.5, 0.6) is 0 Å². The third kappa shape index (κ3) is 5.38. The van der Waals surface area contributed by atoms with Gasteiger partial charge < -0.3 is 15.0 Å². The summed E-state index contributed by atoms with van der Waals surface area (Å²) in [5.74, 6) is 0.933. The van der Waals surface area contributed by atoms with Crippen molar-refractivity contribution in [1.29, 1.82) is 0 Å². The molecular weight excluding hydrogens is 254 g/mol. The molecule has 2 aliphatic rings. The van der Waals surface area contributed by atoms with Crippen LogP contribution in [-0.4, -0.2) is 75.2 Å². The number of nitrogens with one attached hydrogen (secondary N) is 1. The van der Waals surface area contributed by atoms with E-state index in [4.69, 9.17) is 4.74 Å². The van der Waals surface area contributed by atoms with Crippen molar-refractivity contribution in [2.75, 3.05) is 53.4 Å². The van der Waals surface area contributed by atoms with Gasteiger partial charge in [0.1, 0.15) is 0 Å². The molecule has 0 aromatic heterocycles. The zero-order chi connectivity index (χ0) is 14.4. The van der Waals surface area contributed by atoms with Crippen molar-refractivity contribution < 1.29 is 9.53 Å². The summed E-state index contributed by atoms with van der Waals surface area (Å²) in [6.07, 6.45) is 4.86. The predicted octanol–water partition coefficient (Wildman–Crippen LogP) is 0.555. The van der Waals surface area contributed by atoms with E-state index in [-0.39, 0.29) is 12.0 Å². The SMILES string of the molecule is CN(C)CC1CCN(CC(=O)NCC2CCCO2)CC1. The van der Waals surface area contributed by atoms with E-state index in [1.807, 2.05) is 0 Å². The highest BCUT2D eigenvalue weighted by Gasteiger charge is 2.22. The standard InChI is InChI=1S/C15H29N3O2/c1-17(2)11-13-5-7-18(8-6-13)12-15(19)16-10-14-4-3-9-20-14/h13-14H,3-12H2,1-2H3,(H,16,19). The Morgan fingerprint density at radius 1 is 1.30 bits per heavy atom. The van der Waals surface area contributed by atoms with Crippen LogP contribution in [0.3, 0.4) is 0 Å². The minimum atomic E-state index is 0.145. The maximum atomic E-state index is 11.9. The maximum Gasteiger partial charge on any atom is 0.234 e. The number of carbonyl (C=O) groups is 1. The number of carbonyl (C=O) groups excluding carboxylic acids is 1. The quantitative estimate of drug-likeness (QED) is 0.773. The summed E-state index contributed by atoms with van der Waals surface area (Å²) in [6.45, 7) is 5.33. The van der Waals surface area contributed by atoms with Crippen LogP contribution in [0.25, 0.3) is 0 Å². The van der Waals surface area contributed by atoms with E-state index in [9.17, 15) is 4.79 Å². The summed E-state index contributed by atoms with van der Waals surface area (Å²) in [6, 6.07) is 0. The van der Waals surface area contributed by atoms with E-state index in [2.05, 4.69) is 29.2 Å². The Morgan fingerprint density at radius 2 is 2.05 bits per heavy atom. The van der Waals surface area contributed by atoms with Gasteiger partial charge >= 0.3 is 0 Å². The van der Waals surface area contributed by atoms with E-state index < -0.39 is 0 Å². The van der Waals surface area contributed by atoms with Gasteiger partial charge in [-0.1, -0.05) is 0 Å². The molecular formula is C15H29N3O2. The van der Waals surface area contributed by atoms with Crippen molar-refractivity contribution in [3.63, 3.8) is 0 Å². The number of likely N-dealkylation sites (tertiary alicyclic amines) is 1. The monoisotopic (exact) mass is 283 g/mol. The number of nitrogens with zero attached hydrogens (tertiary/aromatic N) is 2. The summed E-state index contributed by atoms with van der Waals surface area (Å²) >= 11 is 0. The molecule has 0 aliphatic carbocycles. The Labute approximate surface area is 122 Å². The third-order valence-corrected chi connectivity index (χ3v) is 4.25. The molecule has 0 radical (unpaired) electrons. The Hall–Kier alpha value is -0.650. The van der Waals surface area contributed by atoms with E-state index in [1.165, 1.54) is 19.4 Å². The molecule has 2 heterocycles. The first-order valence-corrected chi connectivity index (χ1v) is 7.89. The normalized spacial score (nSPS) is 25.2. The highest BCUT2D eigenvalue weighted by atomic mass is 16.5. The fraction of sp³-hybridized carbons (Fsp3) is 0.933. The fourth-order valence-corrected chi connectivity index (χ4v) is 3.14. The average molecular weight is 283 g/mol. The number of rotatable bonds is 6. The zero-order valence-corrected chi connectivity index (χ0v) is 12.9. The van der Waals surface area contributed by atoms with Crippen molar-refractivity contribution >= 4 is 5.91 Å². The van der Waals surface area contributed by atoms with Gasteiger partial charge in [-0.25, -0.2) is 0 Å². The first-order valence-electron chi connectivity index (χ1n) is 7.89. The highest BCUT2D eigenvalue weighted by Crippen LogP contribution is 2.17. The van der Waals surface area contributed by atoms with E-state index in [1.54, 1.807) is 0 Å². The van der Waals surface area contributed by atoms with E-state index in [0.717, 1.165) is 38.5 Å². The van der Waals surface area contributed by atoms with Crippen LogP contribution in [0.4, 0.5) is 0 Å². The molecule has 5 heteroatoms. The molecule has 0 saturated carbocycles. The molecule has 1 amide bonds. The van der Waals surface area contributed by atoms with Crippen molar-refractivity contribution in [1.82, 2.24) is 15.1 Å². The van der Waals surface area contributed by atoms with E-state index >= 15 is 0 Å². The summed E-state index contributed by atoms with van der Waals surface area (Å²) in [5, 5.41) is 3.00. The Morgan fingerprint density at radius 3 is 2.65 bits per heavy atom. The smallest absolute Gasteiger partial charge is 0.234 e. The lowest BCUT2D eigenvalue weighted by Gasteiger charge is -2.32. The van der Waals surface area contributed by atoms with Crippen molar-refractivity contribution in [2.24, 2.45) is 5.92 Å². The second-order valence-electron chi connectivity index (χ2n) is 6.42. The predicted molar refractivity (Wildman–Crippen MR) is 79.7 cm³/mol. The molecule has 2 rings (SSSR count). The molecule has 0 bridgehead atoms. The second kappa shape index (κ2) is 7.96. The maximum absolute atomic E-state index is 11.9. The molecule has 2 saturated heterocycles. The summed E-state index contributed by atoms with van der Waals surface area (Å²) in [5.41, 5.74) is 0. The molecule has 2 aliphatic heterocycles. The molecule has 20 heavy (non-hydrogen) atoms. The van der Waals surface area contributed by atoms with Crippen LogP contribution in [0.15, 0.2) is 0 Å². The second-order valence-corrected chi connectivity index (χ2v) is 6.42. The fourth-order valence-electron chi connectivity index (χ4n) is 3.14. The molecule has 5 nitrogen and oxygen atoms in total. The number of ether oxygens (including phenoxy) is 1. The molecule has 1 N–H and O–H groups in total. The summed E-state index contributed by atoms with van der Waals surface area (Å²) in [7, 11) is 4.26. The number of amides is 1. The van der Waals surface area contributed by atoms with Crippen molar-refractivity contribution in [2.45, 2.75) is 31.8 Å². The highest BCUT2D eigenvalue weighted by molar-refractivity contribution is 5.78. The Balaban J connectivity index is 1.58. The van der Waals surface area contributed by atoms with Crippen LogP contribution in [0.1, 0.15) is 25.7 Å². The summed E-state index contributed by atoms with van der Waals surface area (Å²) < 4.78 is 5.51. The topological polar surface area (TPSA) is 44.8 Å². The van der Waals surface area contributed by atoms with Gasteiger partial charge in [0, 0.05) is 19.7 Å². The van der Waals surface area contributed by atoms with Gasteiger partial charge in [-0.05, 0) is 58.8 Å². The van der Waals surface area contributed by atoms with Gasteiger partial charge in [0.05, 0.1) is 12.6 Å². The lowest BCUT2D eigenvalue weighted by Crippen LogP contribution is -2.44. The minimum absolute atomic E-state index is 0.145. The number of hydrogen-bond acceptors (Lipinski definition) is 4. The van der Waals surface area contributed by atoms with Crippen LogP contribution < -0.4 is 5.32 Å². The average Bonchev–Trinajstić information content (AvgIpc) is 2.91. The molecule has 0 aromatic carbocycles. The van der Waals surface area contributed by atoms with Crippen molar-refractivity contribution in [3.05, 3.63) is 0 Å². The van der Waals surface area contributed by atoms with Crippen LogP contribution >= 0.6 is 0 Å². The lowest BCUT2D eigenvalue weighted by atomic mass is 9.96. The third-order valence-electron chi connectivity index (χ3n) is 4.25. The van der Waals surface area contributed by atoms with Gasteiger partial charge in [-0.3, -0.25) is 9.69 Å². The first kappa shape index (κ1) is 15.7. The van der Waals surface area contributed by atoms with Crippen LogP contribution in [-0.2, 0) is 9.53 Å².